The van der Waals surface area contributed by atoms with E-state index in [-0.39, 0.29) is 12.7 Å². The number of ether oxygens (including phenoxy) is 2. The van der Waals surface area contributed by atoms with Crippen molar-refractivity contribution in [2.45, 2.75) is 6.54 Å². The highest BCUT2D eigenvalue weighted by molar-refractivity contribution is 7.14. The van der Waals surface area contributed by atoms with Crippen LogP contribution in [0.25, 0.3) is 22.4 Å². The van der Waals surface area contributed by atoms with E-state index in [1.54, 1.807) is 6.20 Å². The van der Waals surface area contributed by atoms with Gasteiger partial charge < -0.3 is 9.47 Å². The molecule has 0 unspecified atom stereocenters. The number of nitrogens with one attached hydrogen (secondary N) is 1. The number of hydrogen-bond acceptors (Lipinski definition) is 6. The zero-order valence-corrected chi connectivity index (χ0v) is 19.4. The van der Waals surface area contributed by atoms with Crippen LogP contribution in [0.1, 0.15) is 15.9 Å². The summed E-state index contributed by atoms with van der Waals surface area (Å²) < 4.78 is 12.7. The third kappa shape index (κ3) is 4.39. The van der Waals surface area contributed by atoms with Gasteiger partial charge >= 0.3 is 0 Å². The molecule has 6 rings (SSSR count). The second kappa shape index (κ2) is 9.08. The van der Waals surface area contributed by atoms with Gasteiger partial charge in [-0.15, -0.1) is 11.3 Å². The highest BCUT2D eigenvalue weighted by Crippen LogP contribution is 2.36. The van der Waals surface area contributed by atoms with E-state index in [4.69, 9.17) is 9.47 Å². The molecule has 0 fully saturated rings. The largest absolute Gasteiger partial charge is 0.454 e. The molecule has 0 bridgehead atoms. The summed E-state index contributed by atoms with van der Waals surface area (Å²) in [6, 6.07) is 23.4. The highest BCUT2D eigenvalue weighted by Gasteiger charge is 2.17. The molecule has 35 heavy (non-hydrogen) atoms. The third-order valence-corrected chi connectivity index (χ3v) is 6.49. The maximum atomic E-state index is 13.2. The van der Waals surface area contributed by atoms with E-state index >= 15 is 0 Å². The van der Waals surface area contributed by atoms with Crippen LogP contribution in [0.2, 0.25) is 0 Å². The topological polar surface area (TPSA) is 78.3 Å². The molecule has 3 heterocycles. The van der Waals surface area contributed by atoms with E-state index in [1.165, 1.54) is 11.3 Å². The van der Waals surface area contributed by atoms with Crippen LogP contribution < -0.4 is 14.8 Å². The van der Waals surface area contributed by atoms with Crippen LogP contribution >= 0.6 is 11.3 Å². The standard InChI is InChI=1S/C27H20N4O3S/c32-26(30-27-29-23(16-35-27)20-10-11-24-25(14-20)34-17-33-24)22-5-2-1-4-21(22)19-8-6-18(7-9-19)15-31-13-3-12-28-31/h1-14,16H,15,17H2,(H,29,30,32). The number of anilines is 1. The Morgan fingerprint density at radius 1 is 0.971 bits per heavy atom. The Labute approximate surface area is 205 Å². The van der Waals surface area contributed by atoms with Crippen LogP contribution in [0, 0.1) is 0 Å². The fraction of sp³-hybridized carbons (Fsp3) is 0.0741. The zero-order valence-electron chi connectivity index (χ0n) is 18.5. The quantitative estimate of drug-likeness (QED) is 0.337. The van der Waals surface area contributed by atoms with E-state index in [0.29, 0.717) is 23.0 Å². The van der Waals surface area contributed by atoms with Gasteiger partial charge in [0.25, 0.3) is 5.91 Å². The fourth-order valence-electron chi connectivity index (χ4n) is 3.99. The maximum absolute atomic E-state index is 13.2. The Morgan fingerprint density at radius 2 is 1.80 bits per heavy atom. The lowest BCUT2D eigenvalue weighted by atomic mass is 9.98. The van der Waals surface area contributed by atoms with Gasteiger partial charge in [-0.1, -0.05) is 42.5 Å². The zero-order chi connectivity index (χ0) is 23.6. The minimum atomic E-state index is -0.201. The van der Waals surface area contributed by atoms with Crippen molar-refractivity contribution in [3.8, 4) is 33.9 Å². The number of carbonyl (C=O) groups excluding carboxylic acids is 1. The van der Waals surface area contributed by atoms with Crippen molar-refractivity contribution in [1.29, 1.82) is 0 Å². The molecular formula is C27H20N4O3S. The monoisotopic (exact) mass is 480 g/mol. The molecule has 1 amide bonds. The van der Waals surface area contributed by atoms with Gasteiger partial charge in [-0.05, 0) is 47.0 Å². The first-order valence-corrected chi connectivity index (χ1v) is 11.9. The predicted octanol–water partition coefficient (Wildman–Crippen LogP) is 5.70. The van der Waals surface area contributed by atoms with Crippen molar-refractivity contribution in [3.63, 3.8) is 0 Å². The molecule has 0 radical (unpaired) electrons. The number of carbonyl (C=O) groups is 1. The lowest BCUT2D eigenvalue weighted by Gasteiger charge is -2.10. The van der Waals surface area contributed by atoms with Gasteiger partial charge in [0.05, 0.1) is 12.2 Å². The van der Waals surface area contributed by atoms with Crippen molar-refractivity contribution in [1.82, 2.24) is 14.8 Å². The van der Waals surface area contributed by atoms with Crippen LogP contribution in [0.4, 0.5) is 5.13 Å². The van der Waals surface area contributed by atoms with Crippen molar-refractivity contribution >= 4 is 22.4 Å². The maximum Gasteiger partial charge on any atom is 0.258 e. The van der Waals surface area contributed by atoms with Crippen LogP contribution in [-0.4, -0.2) is 27.5 Å². The van der Waals surface area contributed by atoms with E-state index in [2.05, 4.69) is 27.5 Å². The first-order chi connectivity index (χ1) is 17.2. The number of thiazole rings is 1. The van der Waals surface area contributed by atoms with Crippen LogP contribution in [0.3, 0.4) is 0 Å². The second-order valence-corrected chi connectivity index (χ2v) is 8.86. The van der Waals surface area contributed by atoms with Gasteiger partial charge in [0.15, 0.2) is 16.6 Å². The molecular weight excluding hydrogens is 460 g/mol. The number of rotatable bonds is 6. The number of hydrogen-bond donors (Lipinski definition) is 1. The molecule has 5 aromatic rings. The average Bonchev–Trinajstić information content (AvgIpc) is 3.66. The summed E-state index contributed by atoms with van der Waals surface area (Å²) in [6.07, 6.45) is 3.70. The molecule has 1 aliphatic rings. The molecule has 7 nitrogen and oxygen atoms in total. The molecule has 0 spiro atoms. The van der Waals surface area contributed by atoms with Crippen molar-refractivity contribution < 1.29 is 14.3 Å². The molecule has 0 saturated carbocycles. The average molecular weight is 481 g/mol. The minimum absolute atomic E-state index is 0.201. The van der Waals surface area contributed by atoms with Crippen LogP contribution in [0.5, 0.6) is 11.5 Å². The minimum Gasteiger partial charge on any atom is -0.454 e. The lowest BCUT2D eigenvalue weighted by Crippen LogP contribution is -2.13. The summed E-state index contributed by atoms with van der Waals surface area (Å²) in [7, 11) is 0. The summed E-state index contributed by atoms with van der Waals surface area (Å²) in [5.74, 6) is 1.22. The Kier molecular flexibility index (Phi) is 5.48. The smallest absolute Gasteiger partial charge is 0.258 e. The summed E-state index contributed by atoms with van der Waals surface area (Å²) in [4.78, 5) is 17.8. The Morgan fingerprint density at radius 3 is 2.66 bits per heavy atom. The summed E-state index contributed by atoms with van der Waals surface area (Å²) in [6.45, 7) is 0.925. The molecule has 0 aliphatic carbocycles. The van der Waals surface area contributed by atoms with Gasteiger partial charge in [0.2, 0.25) is 6.79 Å². The van der Waals surface area contributed by atoms with E-state index < -0.39 is 0 Å². The number of fused-ring (bicyclic) bond motifs is 1. The Balaban J connectivity index is 1.20. The van der Waals surface area contributed by atoms with E-state index in [0.717, 1.165) is 33.7 Å². The first kappa shape index (κ1) is 21.1. The summed E-state index contributed by atoms with van der Waals surface area (Å²) in [5, 5.41) is 9.65. The van der Waals surface area contributed by atoms with Gasteiger partial charge in [0.1, 0.15) is 0 Å². The SMILES string of the molecule is O=C(Nc1nc(-c2ccc3c(c2)OCO3)cs1)c1ccccc1-c1ccc(Cn2cccn2)cc1. The highest BCUT2D eigenvalue weighted by atomic mass is 32.1. The Hall–Kier alpha value is -4.43. The van der Waals surface area contributed by atoms with E-state index in [1.807, 2.05) is 76.9 Å². The number of amides is 1. The van der Waals surface area contributed by atoms with Gasteiger partial charge in [-0.25, -0.2) is 4.98 Å². The van der Waals surface area contributed by atoms with Crippen LogP contribution in [-0.2, 0) is 6.54 Å². The number of nitrogens with zero attached hydrogens (tertiary/aromatic N) is 3. The van der Waals surface area contributed by atoms with Crippen molar-refractivity contribution in [2.75, 3.05) is 12.1 Å². The Bertz CT molecular complexity index is 1490. The molecule has 1 N–H and O–H groups in total. The van der Waals surface area contributed by atoms with Gasteiger partial charge in [0, 0.05) is 28.9 Å². The number of benzene rings is 3. The molecule has 2 aromatic heterocycles. The summed E-state index contributed by atoms with van der Waals surface area (Å²) >= 11 is 1.38. The molecule has 3 aromatic carbocycles. The van der Waals surface area contributed by atoms with Gasteiger partial charge in [-0.3, -0.25) is 14.8 Å². The number of aromatic nitrogens is 3. The van der Waals surface area contributed by atoms with Crippen LogP contribution in [0.15, 0.2) is 90.6 Å². The molecule has 1 aliphatic heterocycles. The van der Waals surface area contributed by atoms with E-state index in [9.17, 15) is 4.79 Å². The van der Waals surface area contributed by atoms with Crippen molar-refractivity contribution in [3.05, 3.63) is 102 Å². The second-order valence-electron chi connectivity index (χ2n) is 8.01. The molecule has 172 valence electrons. The lowest BCUT2D eigenvalue weighted by molar-refractivity contribution is 0.102. The predicted molar refractivity (Wildman–Crippen MR) is 135 cm³/mol. The normalized spacial score (nSPS) is 12.0. The van der Waals surface area contributed by atoms with Gasteiger partial charge in [-0.2, -0.15) is 5.10 Å². The fourth-order valence-corrected chi connectivity index (χ4v) is 4.70. The molecule has 0 atom stereocenters. The third-order valence-electron chi connectivity index (χ3n) is 5.73. The molecule has 0 saturated heterocycles. The van der Waals surface area contributed by atoms with Crippen molar-refractivity contribution in [2.24, 2.45) is 0 Å². The molecule has 8 heteroatoms. The summed E-state index contributed by atoms with van der Waals surface area (Å²) in [5.41, 5.74) is 5.24. The first-order valence-electron chi connectivity index (χ1n) is 11.1.